The average molecular weight is 394 g/mol. The van der Waals surface area contributed by atoms with Gasteiger partial charge in [0.2, 0.25) is 5.91 Å². The highest BCUT2D eigenvalue weighted by atomic mass is 35.5. The Morgan fingerprint density at radius 3 is 2.19 bits per heavy atom. The minimum Gasteiger partial charge on any atom is -0.484 e. The first-order valence-electron chi connectivity index (χ1n) is 9.32. The zero-order valence-electron chi connectivity index (χ0n) is 16.3. The van der Waals surface area contributed by atoms with Gasteiger partial charge in [-0.1, -0.05) is 25.4 Å². The van der Waals surface area contributed by atoms with Crippen LogP contribution in [0.25, 0.3) is 0 Å². The van der Waals surface area contributed by atoms with Crippen molar-refractivity contribution < 1.29 is 14.3 Å². The molecule has 1 atom stereocenters. The quantitative estimate of drug-likeness (QED) is 0.710. The molecule has 0 radical (unpaired) electrons. The second kappa shape index (κ2) is 7.32. The lowest BCUT2D eigenvalue weighted by Gasteiger charge is -2.70. The summed E-state index contributed by atoms with van der Waals surface area (Å²) in [4.78, 5) is 26.7. The lowest BCUT2D eigenvalue weighted by molar-refractivity contribution is -0.153. The molecule has 6 nitrogen and oxygen atoms in total. The number of ether oxygens (including phenoxy) is 1. The number of likely N-dealkylation sites (N-methyl/N-ethyl adjacent to an activating group) is 1. The molecule has 148 valence electrons. The maximum Gasteiger partial charge on any atom is 0.258 e. The highest BCUT2D eigenvalue weighted by Gasteiger charge is 2.69. The van der Waals surface area contributed by atoms with Crippen LogP contribution in [0.3, 0.4) is 0 Å². The molecule has 0 aliphatic heterocycles. The van der Waals surface area contributed by atoms with E-state index >= 15 is 0 Å². The number of amides is 2. The standard InChI is InChI=1S/C20H28ClN3O3/c1-13(2)17(24(3)4)18(26)23-20-10-19(11-20,12-20)22-16(25)9-27-15-7-5-14(21)6-8-15/h5-8,13,17H,9-12H2,1-4H3,(H,22,25)(H,23,26). The molecule has 2 amide bonds. The van der Waals surface area contributed by atoms with E-state index in [1.165, 1.54) is 0 Å². The summed E-state index contributed by atoms with van der Waals surface area (Å²) < 4.78 is 5.48. The topological polar surface area (TPSA) is 70.7 Å². The summed E-state index contributed by atoms with van der Waals surface area (Å²) in [6, 6.07) is 6.77. The smallest absolute Gasteiger partial charge is 0.258 e. The maximum absolute atomic E-state index is 12.6. The molecule has 3 fully saturated rings. The minimum atomic E-state index is -0.181. The van der Waals surface area contributed by atoms with Crippen molar-refractivity contribution in [3.63, 3.8) is 0 Å². The number of halogens is 1. The molecule has 0 saturated heterocycles. The Kier molecular flexibility index (Phi) is 5.41. The van der Waals surface area contributed by atoms with Gasteiger partial charge in [-0.3, -0.25) is 14.5 Å². The third-order valence-corrected chi connectivity index (χ3v) is 5.72. The summed E-state index contributed by atoms with van der Waals surface area (Å²) in [7, 11) is 3.85. The first-order valence-corrected chi connectivity index (χ1v) is 9.69. The Balaban J connectivity index is 1.43. The molecule has 27 heavy (non-hydrogen) atoms. The number of hydrogen-bond acceptors (Lipinski definition) is 4. The van der Waals surface area contributed by atoms with E-state index in [-0.39, 0.29) is 41.5 Å². The van der Waals surface area contributed by atoms with Crippen molar-refractivity contribution >= 4 is 23.4 Å². The summed E-state index contributed by atoms with van der Waals surface area (Å²) in [6.07, 6.45) is 2.37. The van der Waals surface area contributed by atoms with Crippen LogP contribution in [0.1, 0.15) is 33.1 Å². The highest BCUT2D eigenvalue weighted by Crippen LogP contribution is 2.60. The molecule has 7 heteroatoms. The number of hydrogen-bond donors (Lipinski definition) is 2. The fourth-order valence-corrected chi connectivity index (χ4v) is 4.66. The van der Waals surface area contributed by atoms with Crippen LogP contribution < -0.4 is 15.4 Å². The number of carbonyl (C=O) groups is 2. The van der Waals surface area contributed by atoms with Crippen LogP contribution in [-0.2, 0) is 9.59 Å². The van der Waals surface area contributed by atoms with Crippen LogP contribution >= 0.6 is 11.6 Å². The zero-order valence-corrected chi connectivity index (χ0v) is 17.1. The van der Waals surface area contributed by atoms with Gasteiger partial charge in [-0.2, -0.15) is 0 Å². The van der Waals surface area contributed by atoms with Crippen molar-refractivity contribution in [2.75, 3.05) is 20.7 Å². The van der Waals surface area contributed by atoms with E-state index in [1.54, 1.807) is 24.3 Å². The van der Waals surface area contributed by atoms with Gasteiger partial charge in [-0.25, -0.2) is 0 Å². The van der Waals surface area contributed by atoms with Crippen molar-refractivity contribution in [3.8, 4) is 5.75 Å². The number of carbonyl (C=O) groups excluding carboxylic acids is 2. The van der Waals surface area contributed by atoms with Gasteiger partial charge in [0, 0.05) is 16.1 Å². The third kappa shape index (κ3) is 4.22. The predicted octanol–water partition coefficient (Wildman–Crippen LogP) is 2.21. The molecular weight excluding hydrogens is 366 g/mol. The average Bonchev–Trinajstić information content (AvgIpc) is 2.50. The molecule has 2 N–H and O–H groups in total. The first-order chi connectivity index (χ1) is 12.6. The van der Waals surface area contributed by atoms with E-state index in [1.807, 2.05) is 19.0 Å². The van der Waals surface area contributed by atoms with Gasteiger partial charge in [0.25, 0.3) is 5.91 Å². The molecule has 1 aromatic rings. The molecular formula is C20H28ClN3O3. The Morgan fingerprint density at radius 2 is 1.67 bits per heavy atom. The van der Waals surface area contributed by atoms with Crippen LogP contribution in [-0.4, -0.2) is 54.5 Å². The second-order valence-electron chi connectivity index (χ2n) is 8.52. The van der Waals surface area contributed by atoms with Crippen molar-refractivity contribution in [2.45, 2.75) is 50.2 Å². The lowest BCUT2D eigenvalue weighted by atomic mass is 9.44. The first kappa shape index (κ1) is 20.0. The molecule has 3 aliphatic carbocycles. The van der Waals surface area contributed by atoms with Gasteiger partial charge in [-0.05, 0) is 63.5 Å². The monoisotopic (exact) mass is 393 g/mol. The Morgan fingerprint density at radius 1 is 1.11 bits per heavy atom. The van der Waals surface area contributed by atoms with Crippen molar-refractivity contribution in [1.82, 2.24) is 15.5 Å². The van der Waals surface area contributed by atoms with E-state index in [0.717, 1.165) is 19.3 Å². The van der Waals surface area contributed by atoms with E-state index in [0.29, 0.717) is 10.8 Å². The van der Waals surface area contributed by atoms with Crippen LogP contribution in [0.5, 0.6) is 5.75 Å². The Labute approximate surface area is 165 Å². The molecule has 3 saturated carbocycles. The number of nitrogens with one attached hydrogen (secondary N) is 2. The molecule has 0 aromatic heterocycles. The number of rotatable bonds is 8. The van der Waals surface area contributed by atoms with Gasteiger partial charge in [0.15, 0.2) is 6.61 Å². The van der Waals surface area contributed by atoms with Crippen molar-refractivity contribution in [2.24, 2.45) is 5.92 Å². The summed E-state index contributed by atoms with van der Waals surface area (Å²) in [5.74, 6) is 0.781. The fourth-order valence-electron chi connectivity index (χ4n) is 4.53. The van der Waals surface area contributed by atoms with Gasteiger partial charge >= 0.3 is 0 Å². The molecule has 1 unspecified atom stereocenters. The minimum absolute atomic E-state index is 0.0290. The van der Waals surface area contributed by atoms with Crippen LogP contribution in [0.2, 0.25) is 5.02 Å². The maximum atomic E-state index is 12.6. The Hall–Kier alpha value is -1.79. The number of nitrogens with zero attached hydrogens (tertiary/aromatic N) is 1. The predicted molar refractivity (Wildman–Crippen MR) is 105 cm³/mol. The lowest BCUT2D eigenvalue weighted by Crippen LogP contribution is -2.84. The summed E-state index contributed by atoms with van der Waals surface area (Å²) in [5, 5.41) is 6.90. The normalized spacial score (nSPS) is 26.8. The molecule has 2 bridgehead atoms. The third-order valence-electron chi connectivity index (χ3n) is 5.46. The van der Waals surface area contributed by atoms with Crippen molar-refractivity contribution in [3.05, 3.63) is 29.3 Å². The molecule has 3 aliphatic rings. The highest BCUT2D eigenvalue weighted by molar-refractivity contribution is 6.30. The van der Waals surface area contributed by atoms with Crippen LogP contribution in [0, 0.1) is 5.92 Å². The van der Waals surface area contributed by atoms with E-state index in [4.69, 9.17) is 16.3 Å². The molecule has 0 spiro atoms. The van der Waals surface area contributed by atoms with Gasteiger partial charge in [-0.15, -0.1) is 0 Å². The SMILES string of the molecule is CC(C)C(C(=O)NC12CC(NC(=O)COc3ccc(Cl)cc3)(C1)C2)N(C)C. The van der Waals surface area contributed by atoms with E-state index in [2.05, 4.69) is 24.5 Å². The van der Waals surface area contributed by atoms with Gasteiger partial charge in [0.1, 0.15) is 5.75 Å². The summed E-state index contributed by atoms with van der Waals surface area (Å²) in [6.45, 7) is 4.07. The van der Waals surface area contributed by atoms with Crippen LogP contribution in [0.4, 0.5) is 0 Å². The number of benzene rings is 1. The fraction of sp³-hybridized carbons (Fsp3) is 0.600. The largest absolute Gasteiger partial charge is 0.484 e. The summed E-state index contributed by atoms with van der Waals surface area (Å²) in [5.41, 5.74) is -0.330. The molecule has 0 heterocycles. The van der Waals surface area contributed by atoms with E-state index in [9.17, 15) is 9.59 Å². The molecule has 4 rings (SSSR count). The summed E-state index contributed by atoms with van der Waals surface area (Å²) >= 11 is 5.83. The second-order valence-corrected chi connectivity index (χ2v) is 8.96. The Bertz CT molecular complexity index is 690. The van der Waals surface area contributed by atoms with Gasteiger partial charge in [0.05, 0.1) is 6.04 Å². The zero-order chi connectivity index (χ0) is 19.8. The van der Waals surface area contributed by atoms with E-state index < -0.39 is 0 Å². The van der Waals surface area contributed by atoms with Crippen LogP contribution in [0.15, 0.2) is 24.3 Å². The van der Waals surface area contributed by atoms with Gasteiger partial charge < -0.3 is 15.4 Å². The van der Waals surface area contributed by atoms with Crippen molar-refractivity contribution in [1.29, 1.82) is 0 Å². The molecule has 1 aromatic carbocycles.